The van der Waals surface area contributed by atoms with E-state index < -0.39 is 10.0 Å². The van der Waals surface area contributed by atoms with Gasteiger partial charge in [-0.15, -0.1) is 0 Å². The van der Waals surface area contributed by atoms with Crippen LogP contribution in [0, 0.1) is 0 Å². The summed E-state index contributed by atoms with van der Waals surface area (Å²) in [4.78, 5) is 16.7. The molecule has 1 amide bonds. The summed E-state index contributed by atoms with van der Waals surface area (Å²) >= 11 is 12.4. The molecule has 0 aromatic heterocycles. The Balaban J connectivity index is 1.19. The molecule has 0 spiro atoms. The molecule has 10 heteroatoms. The van der Waals surface area contributed by atoms with Gasteiger partial charge >= 0.3 is 0 Å². The molecule has 5 rings (SSSR count). The first kappa shape index (κ1) is 24.7. The fourth-order valence-corrected chi connectivity index (χ4v) is 6.58. The lowest BCUT2D eigenvalue weighted by Crippen LogP contribution is -2.50. The number of anilines is 2. The van der Waals surface area contributed by atoms with Gasteiger partial charge in [-0.25, -0.2) is 8.42 Å². The highest BCUT2D eigenvalue weighted by Gasteiger charge is 2.31. The number of carbonyl (C=O) groups is 1. The molecular formula is C26H25Cl2N3O4S. The number of benzene rings is 3. The molecule has 0 atom stereocenters. The van der Waals surface area contributed by atoms with Gasteiger partial charge in [0.1, 0.15) is 5.75 Å². The van der Waals surface area contributed by atoms with Crippen LogP contribution in [0.4, 0.5) is 11.4 Å². The van der Waals surface area contributed by atoms with Crippen LogP contribution < -0.4 is 13.9 Å². The summed E-state index contributed by atoms with van der Waals surface area (Å²) in [6, 6.07) is 19.5. The average Bonchev–Trinajstić information content (AvgIpc) is 3.33. The lowest BCUT2D eigenvalue weighted by molar-refractivity contribution is -0.133. The quantitative estimate of drug-likeness (QED) is 0.457. The van der Waals surface area contributed by atoms with E-state index in [1.54, 1.807) is 11.0 Å². The number of carbonyl (C=O) groups excluding carboxylic acids is 1. The first-order valence-electron chi connectivity index (χ1n) is 11.6. The van der Waals surface area contributed by atoms with Crippen molar-refractivity contribution in [1.29, 1.82) is 0 Å². The van der Waals surface area contributed by atoms with Gasteiger partial charge in [0.2, 0.25) is 0 Å². The van der Waals surface area contributed by atoms with Gasteiger partial charge in [-0.1, -0.05) is 47.5 Å². The minimum absolute atomic E-state index is 0.0833. The van der Waals surface area contributed by atoms with Gasteiger partial charge in [-0.3, -0.25) is 9.10 Å². The van der Waals surface area contributed by atoms with E-state index in [2.05, 4.69) is 4.90 Å². The molecule has 1 saturated heterocycles. The van der Waals surface area contributed by atoms with E-state index in [-0.39, 0.29) is 28.2 Å². The van der Waals surface area contributed by atoms with E-state index >= 15 is 0 Å². The fraction of sp³-hybridized carbons (Fsp3) is 0.269. The van der Waals surface area contributed by atoms with Crippen molar-refractivity contribution in [2.45, 2.75) is 11.3 Å². The number of fused-ring (bicyclic) bond motifs is 1. The van der Waals surface area contributed by atoms with Gasteiger partial charge in [-0.2, -0.15) is 0 Å². The molecule has 188 valence electrons. The highest BCUT2D eigenvalue weighted by atomic mass is 35.5. The Kier molecular flexibility index (Phi) is 7.01. The Labute approximate surface area is 220 Å². The minimum Gasteiger partial charge on any atom is -0.482 e. The lowest BCUT2D eigenvalue weighted by Gasteiger charge is -2.36. The highest BCUT2D eigenvalue weighted by Crippen LogP contribution is 2.35. The Morgan fingerprint density at radius 2 is 1.67 bits per heavy atom. The fourth-order valence-electron chi connectivity index (χ4n) is 4.56. The molecule has 2 heterocycles. The molecule has 2 aliphatic heterocycles. The van der Waals surface area contributed by atoms with Crippen molar-refractivity contribution in [2.75, 3.05) is 48.5 Å². The first-order valence-corrected chi connectivity index (χ1v) is 13.8. The molecule has 0 unspecified atom stereocenters. The second-order valence-electron chi connectivity index (χ2n) is 8.68. The Hall–Kier alpha value is -2.94. The van der Waals surface area contributed by atoms with Crippen LogP contribution in [0.25, 0.3) is 0 Å². The van der Waals surface area contributed by atoms with Gasteiger partial charge in [0.05, 0.1) is 15.6 Å². The van der Waals surface area contributed by atoms with E-state index in [0.717, 1.165) is 11.3 Å². The van der Waals surface area contributed by atoms with Crippen molar-refractivity contribution >= 4 is 50.5 Å². The zero-order valence-electron chi connectivity index (χ0n) is 19.4. The maximum absolute atomic E-state index is 13.2. The van der Waals surface area contributed by atoms with Crippen LogP contribution in [0.5, 0.6) is 5.75 Å². The molecule has 0 saturated carbocycles. The van der Waals surface area contributed by atoms with Gasteiger partial charge in [0.25, 0.3) is 15.9 Å². The van der Waals surface area contributed by atoms with E-state index in [0.29, 0.717) is 49.9 Å². The molecule has 0 N–H and O–H groups in total. The Morgan fingerprint density at radius 3 is 2.42 bits per heavy atom. The number of hydrogen-bond donors (Lipinski definition) is 0. The van der Waals surface area contributed by atoms with Crippen LogP contribution >= 0.6 is 23.2 Å². The number of rotatable bonds is 6. The van der Waals surface area contributed by atoms with Gasteiger partial charge in [0, 0.05) is 43.4 Å². The summed E-state index contributed by atoms with van der Waals surface area (Å²) in [6.45, 7) is 2.73. The number of hydrogen-bond acceptors (Lipinski definition) is 5. The predicted molar refractivity (Wildman–Crippen MR) is 142 cm³/mol. The molecule has 7 nitrogen and oxygen atoms in total. The third-order valence-corrected chi connectivity index (χ3v) is 8.83. The predicted octanol–water partition coefficient (Wildman–Crippen LogP) is 4.47. The number of ether oxygens (including phenoxy) is 1. The van der Waals surface area contributed by atoms with Crippen LogP contribution in [0.3, 0.4) is 0 Å². The third kappa shape index (κ3) is 4.98. The largest absolute Gasteiger partial charge is 0.482 e. The highest BCUT2D eigenvalue weighted by molar-refractivity contribution is 7.92. The van der Waals surface area contributed by atoms with Gasteiger partial charge < -0.3 is 14.5 Å². The smallest absolute Gasteiger partial charge is 0.264 e. The summed E-state index contributed by atoms with van der Waals surface area (Å²) in [5, 5.41) is 0.822. The van der Waals surface area contributed by atoms with E-state index in [4.69, 9.17) is 27.9 Å². The molecule has 0 bridgehead atoms. The maximum atomic E-state index is 13.2. The van der Waals surface area contributed by atoms with Crippen molar-refractivity contribution in [2.24, 2.45) is 0 Å². The lowest BCUT2D eigenvalue weighted by atomic mass is 10.2. The van der Waals surface area contributed by atoms with Crippen LogP contribution in [-0.2, 0) is 21.2 Å². The summed E-state index contributed by atoms with van der Waals surface area (Å²) in [5.74, 6) is 0.116. The molecule has 0 radical (unpaired) electrons. The van der Waals surface area contributed by atoms with Crippen molar-refractivity contribution < 1.29 is 17.9 Å². The Morgan fingerprint density at radius 1 is 0.889 bits per heavy atom. The number of piperazine rings is 1. The van der Waals surface area contributed by atoms with E-state index in [1.807, 2.05) is 42.5 Å². The van der Waals surface area contributed by atoms with Gasteiger partial charge in [0.15, 0.2) is 6.61 Å². The SMILES string of the molecule is O=C(COc1ccc(S(=O)(=O)N2CCc3ccccc32)cc1Cl)N1CCN(c2cccc(Cl)c2)CC1. The molecule has 0 aliphatic carbocycles. The molecule has 3 aromatic carbocycles. The monoisotopic (exact) mass is 545 g/mol. The second kappa shape index (κ2) is 10.2. The summed E-state index contributed by atoms with van der Waals surface area (Å²) in [6.07, 6.45) is 0.666. The zero-order valence-corrected chi connectivity index (χ0v) is 21.8. The second-order valence-corrected chi connectivity index (χ2v) is 11.4. The summed E-state index contributed by atoms with van der Waals surface area (Å²) in [7, 11) is -3.77. The van der Waals surface area contributed by atoms with Crippen LogP contribution in [0.2, 0.25) is 10.0 Å². The maximum Gasteiger partial charge on any atom is 0.264 e. The third-order valence-electron chi connectivity index (χ3n) is 6.49. The van der Waals surface area contributed by atoms with Crippen LogP contribution in [-0.4, -0.2) is 58.6 Å². The summed E-state index contributed by atoms with van der Waals surface area (Å²) in [5.41, 5.74) is 2.72. The van der Waals surface area contributed by atoms with Gasteiger partial charge in [-0.05, 0) is 54.4 Å². The zero-order chi connectivity index (χ0) is 25.3. The van der Waals surface area contributed by atoms with E-state index in [9.17, 15) is 13.2 Å². The minimum atomic E-state index is -3.77. The standard InChI is InChI=1S/C26H25Cl2N3O4S/c27-20-5-3-6-21(16-20)29-12-14-30(15-13-29)26(32)18-35-25-9-8-22(17-23(25)28)36(33,34)31-11-10-19-4-1-2-7-24(19)31/h1-9,16-17H,10-15,18H2. The average molecular weight is 546 g/mol. The van der Waals surface area contributed by atoms with Crippen molar-refractivity contribution in [3.05, 3.63) is 82.3 Å². The normalized spacial score (nSPS) is 15.7. The first-order chi connectivity index (χ1) is 17.3. The Bertz CT molecular complexity index is 1390. The number of nitrogens with zero attached hydrogens (tertiary/aromatic N) is 3. The number of para-hydroxylation sites is 1. The van der Waals surface area contributed by atoms with Crippen LogP contribution in [0.15, 0.2) is 71.6 Å². The van der Waals surface area contributed by atoms with Crippen molar-refractivity contribution in [3.8, 4) is 5.75 Å². The van der Waals surface area contributed by atoms with Crippen molar-refractivity contribution in [1.82, 2.24) is 4.90 Å². The summed E-state index contributed by atoms with van der Waals surface area (Å²) < 4.78 is 33.5. The number of sulfonamides is 1. The van der Waals surface area contributed by atoms with Crippen molar-refractivity contribution in [3.63, 3.8) is 0 Å². The molecule has 36 heavy (non-hydrogen) atoms. The molecule has 3 aromatic rings. The number of halogens is 2. The van der Waals surface area contributed by atoms with E-state index in [1.165, 1.54) is 22.5 Å². The molecule has 1 fully saturated rings. The molecule has 2 aliphatic rings. The number of amides is 1. The topological polar surface area (TPSA) is 70.2 Å². The molecular weight excluding hydrogens is 521 g/mol. The van der Waals surface area contributed by atoms with Crippen LogP contribution in [0.1, 0.15) is 5.56 Å².